The summed E-state index contributed by atoms with van der Waals surface area (Å²) in [7, 11) is 2.02. The Balaban J connectivity index is 2.16. The molecule has 2 rings (SSSR count). The van der Waals surface area contributed by atoms with Crippen molar-refractivity contribution in [2.45, 2.75) is 13.0 Å². The molecule has 1 aromatic rings. The third-order valence-corrected chi connectivity index (χ3v) is 3.47. The van der Waals surface area contributed by atoms with Crippen molar-refractivity contribution >= 4 is 11.6 Å². The molecule has 1 heterocycles. The van der Waals surface area contributed by atoms with Crippen molar-refractivity contribution < 1.29 is 9.18 Å². The molecule has 2 N–H and O–H groups in total. The highest BCUT2D eigenvalue weighted by atomic mass is 19.1. The Hall–Kier alpha value is -1.62. The number of hydrogen-bond donors (Lipinski definition) is 1. The third kappa shape index (κ3) is 2.46. The summed E-state index contributed by atoms with van der Waals surface area (Å²) in [6, 6.07) is 4.48. The van der Waals surface area contributed by atoms with Gasteiger partial charge in [0, 0.05) is 31.4 Å². The number of amides is 1. The molecule has 0 bridgehead atoms. The minimum Gasteiger partial charge on any atom is -0.399 e. The van der Waals surface area contributed by atoms with Crippen LogP contribution in [0.3, 0.4) is 0 Å². The standard InChI is InChI=1S/C13H18FN3O/c1-9-8-17(6-5-16(9)2)13(18)11-4-3-10(15)7-12(11)14/h3-4,7,9H,5-6,8,15H2,1-2H3. The van der Waals surface area contributed by atoms with E-state index in [9.17, 15) is 9.18 Å². The van der Waals surface area contributed by atoms with Crippen LogP contribution in [0.15, 0.2) is 18.2 Å². The van der Waals surface area contributed by atoms with Crippen molar-refractivity contribution in [2.75, 3.05) is 32.4 Å². The molecule has 1 atom stereocenters. The first-order chi connectivity index (χ1) is 8.49. The maximum Gasteiger partial charge on any atom is 0.256 e. The van der Waals surface area contributed by atoms with E-state index in [4.69, 9.17) is 5.73 Å². The van der Waals surface area contributed by atoms with Gasteiger partial charge < -0.3 is 15.5 Å². The number of anilines is 1. The molecule has 4 nitrogen and oxygen atoms in total. The zero-order chi connectivity index (χ0) is 13.3. The first kappa shape index (κ1) is 12.8. The van der Waals surface area contributed by atoms with Gasteiger partial charge in [-0.25, -0.2) is 4.39 Å². The van der Waals surface area contributed by atoms with E-state index in [0.29, 0.717) is 24.8 Å². The lowest BCUT2D eigenvalue weighted by atomic mass is 10.1. The SMILES string of the molecule is CC1CN(C(=O)c2ccc(N)cc2F)CCN1C. The minimum atomic E-state index is -0.549. The summed E-state index contributed by atoms with van der Waals surface area (Å²) < 4.78 is 13.7. The predicted molar refractivity (Wildman–Crippen MR) is 68.8 cm³/mol. The molecule has 0 aromatic heterocycles. The van der Waals surface area contributed by atoms with Gasteiger partial charge >= 0.3 is 0 Å². The van der Waals surface area contributed by atoms with E-state index in [1.54, 1.807) is 11.0 Å². The number of benzene rings is 1. The van der Waals surface area contributed by atoms with E-state index < -0.39 is 5.82 Å². The van der Waals surface area contributed by atoms with Crippen LogP contribution in [0.25, 0.3) is 0 Å². The Morgan fingerprint density at radius 2 is 2.17 bits per heavy atom. The minimum absolute atomic E-state index is 0.0981. The quantitative estimate of drug-likeness (QED) is 0.763. The molecule has 1 fully saturated rings. The number of carbonyl (C=O) groups is 1. The highest BCUT2D eigenvalue weighted by Gasteiger charge is 2.26. The first-order valence-corrected chi connectivity index (χ1v) is 6.03. The van der Waals surface area contributed by atoms with Gasteiger partial charge in [-0.2, -0.15) is 0 Å². The molecule has 1 aliphatic heterocycles. The fourth-order valence-electron chi connectivity index (χ4n) is 2.11. The number of nitrogen functional groups attached to an aromatic ring is 1. The second-order valence-corrected chi connectivity index (χ2v) is 4.82. The smallest absolute Gasteiger partial charge is 0.256 e. The number of piperazine rings is 1. The predicted octanol–water partition coefficient (Wildman–Crippen LogP) is 1.18. The molecule has 98 valence electrons. The molecule has 18 heavy (non-hydrogen) atoms. The number of nitrogens with zero attached hydrogens (tertiary/aromatic N) is 2. The number of halogens is 1. The maximum absolute atomic E-state index is 13.7. The number of hydrogen-bond acceptors (Lipinski definition) is 3. The van der Waals surface area contributed by atoms with Crippen LogP contribution < -0.4 is 5.73 Å². The molecular formula is C13H18FN3O. The van der Waals surface area contributed by atoms with E-state index >= 15 is 0 Å². The molecule has 1 unspecified atom stereocenters. The van der Waals surface area contributed by atoms with Gasteiger partial charge in [0.15, 0.2) is 0 Å². The van der Waals surface area contributed by atoms with Gasteiger partial charge in [0.25, 0.3) is 5.91 Å². The van der Waals surface area contributed by atoms with E-state index in [2.05, 4.69) is 11.8 Å². The van der Waals surface area contributed by atoms with E-state index in [0.717, 1.165) is 6.54 Å². The van der Waals surface area contributed by atoms with Crippen LogP contribution in [0.2, 0.25) is 0 Å². The summed E-state index contributed by atoms with van der Waals surface area (Å²) in [5, 5.41) is 0. The van der Waals surface area contributed by atoms with Crippen molar-refractivity contribution in [2.24, 2.45) is 0 Å². The third-order valence-electron chi connectivity index (χ3n) is 3.47. The van der Waals surface area contributed by atoms with Gasteiger partial charge in [-0.3, -0.25) is 4.79 Å². The largest absolute Gasteiger partial charge is 0.399 e. The lowest BCUT2D eigenvalue weighted by Gasteiger charge is -2.37. The van der Waals surface area contributed by atoms with E-state index in [1.165, 1.54) is 12.1 Å². The molecule has 0 spiro atoms. The van der Waals surface area contributed by atoms with Crippen molar-refractivity contribution in [3.63, 3.8) is 0 Å². The van der Waals surface area contributed by atoms with Gasteiger partial charge in [0.2, 0.25) is 0 Å². The van der Waals surface area contributed by atoms with Crippen LogP contribution in [0, 0.1) is 5.82 Å². The first-order valence-electron chi connectivity index (χ1n) is 6.03. The van der Waals surface area contributed by atoms with Crippen molar-refractivity contribution in [1.82, 2.24) is 9.80 Å². The van der Waals surface area contributed by atoms with Gasteiger partial charge in [-0.15, -0.1) is 0 Å². The molecule has 1 aliphatic rings. The highest BCUT2D eigenvalue weighted by Crippen LogP contribution is 2.16. The number of carbonyl (C=O) groups excluding carboxylic acids is 1. The Labute approximate surface area is 106 Å². The topological polar surface area (TPSA) is 49.6 Å². The van der Waals surface area contributed by atoms with Gasteiger partial charge in [-0.05, 0) is 32.2 Å². The normalized spacial score (nSPS) is 21.1. The average Bonchev–Trinajstić information content (AvgIpc) is 2.32. The molecular weight excluding hydrogens is 233 g/mol. The molecule has 5 heteroatoms. The Bertz CT molecular complexity index is 464. The lowest BCUT2D eigenvalue weighted by Crippen LogP contribution is -2.52. The zero-order valence-corrected chi connectivity index (χ0v) is 10.7. The fraction of sp³-hybridized carbons (Fsp3) is 0.462. The maximum atomic E-state index is 13.7. The summed E-state index contributed by atoms with van der Waals surface area (Å²) in [6.45, 7) is 4.12. The van der Waals surface area contributed by atoms with E-state index in [1.807, 2.05) is 7.05 Å². The summed E-state index contributed by atoms with van der Waals surface area (Å²) in [5.41, 5.74) is 5.90. The van der Waals surface area contributed by atoms with Gasteiger partial charge in [0.1, 0.15) is 5.82 Å². The molecule has 0 aliphatic carbocycles. The number of nitrogens with two attached hydrogens (primary N) is 1. The summed E-state index contributed by atoms with van der Waals surface area (Å²) in [5.74, 6) is -0.806. The molecule has 1 saturated heterocycles. The van der Waals surface area contributed by atoms with Crippen LogP contribution in [0.4, 0.5) is 10.1 Å². The molecule has 0 saturated carbocycles. The van der Waals surface area contributed by atoms with Crippen molar-refractivity contribution in [3.05, 3.63) is 29.6 Å². The van der Waals surface area contributed by atoms with E-state index in [-0.39, 0.29) is 11.5 Å². The van der Waals surface area contributed by atoms with Crippen LogP contribution >= 0.6 is 0 Å². The number of rotatable bonds is 1. The Morgan fingerprint density at radius 3 is 2.78 bits per heavy atom. The van der Waals surface area contributed by atoms with Gasteiger partial charge in [0.05, 0.1) is 5.56 Å². The van der Waals surface area contributed by atoms with Crippen molar-refractivity contribution in [1.29, 1.82) is 0 Å². The Kier molecular flexibility index (Phi) is 3.52. The van der Waals surface area contributed by atoms with Crippen LogP contribution in [-0.2, 0) is 0 Å². The summed E-state index contributed by atoms with van der Waals surface area (Å²) >= 11 is 0. The summed E-state index contributed by atoms with van der Waals surface area (Å²) in [4.78, 5) is 16.1. The monoisotopic (exact) mass is 251 g/mol. The van der Waals surface area contributed by atoms with Crippen LogP contribution in [0.5, 0.6) is 0 Å². The lowest BCUT2D eigenvalue weighted by molar-refractivity contribution is 0.0568. The van der Waals surface area contributed by atoms with Crippen LogP contribution in [-0.4, -0.2) is 48.4 Å². The molecule has 1 aromatic carbocycles. The van der Waals surface area contributed by atoms with Crippen LogP contribution in [0.1, 0.15) is 17.3 Å². The summed E-state index contributed by atoms with van der Waals surface area (Å²) in [6.07, 6.45) is 0. The average molecular weight is 251 g/mol. The zero-order valence-electron chi connectivity index (χ0n) is 10.7. The second kappa shape index (κ2) is 4.94. The van der Waals surface area contributed by atoms with Gasteiger partial charge in [-0.1, -0.05) is 0 Å². The highest BCUT2D eigenvalue weighted by molar-refractivity contribution is 5.95. The molecule has 0 radical (unpaired) electrons. The molecule has 1 amide bonds. The number of likely N-dealkylation sites (N-methyl/N-ethyl adjacent to an activating group) is 1. The Morgan fingerprint density at radius 1 is 1.44 bits per heavy atom. The fourth-order valence-corrected chi connectivity index (χ4v) is 2.11. The van der Waals surface area contributed by atoms with Crippen molar-refractivity contribution in [3.8, 4) is 0 Å². The second-order valence-electron chi connectivity index (χ2n) is 4.82.